The van der Waals surface area contributed by atoms with E-state index in [9.17, 15) is 4.79 Å². The Morgan fingerprint density at radius 1 is 1.55 bits per heavy atom. The van der Waals surface area contributed by atoms with Crippen LogP contribution in [-0.2, 0) is 4.79 Å². The highest BCUT2D eigenvalue weighted by Gasteiger charge is 2.17. The van der Waals surface area contributed by atoms with Crippen molar-refractivity contribution in [1.82, 2.24) is 4.90 Å². The zero-order valence-electron chi connectivity index (χ0n) is 11.6. The molecule has 1 aliphatic heterocycles. The van der Waals surface area contributed by atoms with Crippen molar-refractivity contribution in [2.45, 2.75) is 6.92 Å². The summed E-state index contributed by atoms with van der Waals surface area (Å²) in [5, 5.41) is 8.93. The van der Waals surface area contributed by atoms with Crippen molar-refractivity contribution in [2.75, 3.05) is 26.7 Å². The first-order valence-electron chi connectivity index (χ1n) is 6.49. The molecule has 1 unspecified atom stereocenters. The number of ether oxygens (including phenoxy) is 1. The largest absolute Gasteiger partial charge is 0.489 e. The normalized spacial score (nSPS) is 15.3. The molecule has 1 atom stereocenters. The van der Waals surface area contributed by atoms with Crippen LogP contribution in [-0.4, -0.2) is 42.7 Å². The smallest absolute Gasteiger partial charge is 0.307 e. The highest BCUT2D eigenvalue weighted by molar-refractivity contribution is 9.10. The van der Waals surface area contributed by atoms with Gasteiger partial charge >= 0.3 is 5.97 Å². The Bertz CT molecular complexity index is 542. The van der Waals surface area contributed by atoms with Crippen LogP contribution in [0.1, 0.15) is 12.5 Å². The number of carboxylic acid groups (broad SMARTS) is 1. The summed E-state index contributed by atoms with van der Waals surface area (Å²) in [4.78, 5) is 12.9. The molecule has 0 radical (unpaired) electrons. The standard InChI is InChI=1S/C15H18BrNO3/c1-10(15(18)19)7-17(2)8-11-5-12-6-13(16)3-4-14(12)20-9-11/h3-6,10H,7-9H2,1-2H3,(H,18,19). The van der Waals surface area contributed by atoms with Crippen molar-refractivity contribution in [1.29, 1.82) is 0 Å². The van der Waals surface area contributed by atoms with Gasteiger partial charge in [-0.05, 0) is 36.9 Å². The molecule has 0 bridgehead atoms. The molecular formula is C15H18BrNO3. The van der Waals surface area contributed by atoms with Crippen molar-refractivity contribution in [3.05, 3.63) is 33.8 Å². The van der Waals surface area contributed by atoms with Crippen LogP contribution in [0.5, 0.6) is 5.75 Å². The summed E-state index contributed by atoms with van der Waals surface area (Å²) in [6.07, 6.45) is 2.12. The Kier molecular flexibility index (Phi) is 4.83. The molecular weight excluding hydrogens is 322 g/mol. The first-order valence-corrected chi connectivity index (χ1v) is 7.28. The molecule has 0 amide bonds. The Morgan fingerprint density at radius 2 is 2.30 bits per heavy atom. The molecule has 108 valence electrons. The quantitative estimate of drug-likeness (QED) is 0.896. The number of carboxylic acids is 1. The number of hydrogen-bond acceptors (Lipinski definition) is 3. The van der Waals surface area contributed by atoms with Crippen LogP contribution in [0.15, 0.2) is 28.2 Å². The molecule has 0 aliphatic carbocycles. The van der Waals surface area contributed by atoms with Crippen LogP contribution >= 0.6 is 15.9 Å². The maximum absolute atomic E-state index is 10.9. The second-order valence-corrected chi connectivity index (χ2v) is 6.13. The maximum atomic E-state index is 10.9. The number of aliphatic carboxylic acids is 1. The number of benzene rings is 1. The molecule has 1 N–H and O–H groups in total. The lowest BCUT2D eigenvalue weighted by Crippen LogP contribution is -2.31. The third kappa shape index (κ3) is 3.84. The number of halogens is 1. The Balaban J connectivity index is 2.02. The van der Waals surface area contributed by atoms with Crippen LogP contribution < -0.4 is 4.74 Å². The number of carbonyl (C=O) groups is 1. The lowest BCUT2D eigenvalue weighted by Gasteiger charge is -2.24. The fraction of sp³-hybridized carbons (Fsp3) is 0.400. The van der Waals surface area contributed by atoms with Gasteiger partial charge in [0.1, 0.15) is 12.4 Å². The molecule has 5 heteroatoms. The Morgan fingerprint density at radius 3 is 3.00 bits per heavy atom. The predicted molar refractivity (Wildman–Crippen MR) is 81.9 cm³/mol. The maximum Gasteiger partial charge on any atom is 0.307 e. The topological polar surface area (TPSA) is 49.8 Å². The molecule has 1 aromatic carbocycles. The number of hydrogen-bond donors (Lipinski definition) is 1. The van der Waals surface area contributed by atoms with E-state index >= 15 is 0 Å². The van der Waals surface area contributed by atoms with Crippen molar-refractivity contribution in [2.24, 2.45) is 5.92 Å². The summed E-state index contributed by atoms with van der Waals surface area (Å²) in [5.74, 6) is -0.245. The Hall–Kier alpha value is -1.33. The van der Waals surface area contributed by atoms with E-state index in [0.29, 0.717) is 19.7 Å². The van der Waals surface area contributed by atoms with Gasteiger partial charge in [-0.25, -0.2) is 0 Å². The van der Waals surface area contributed by atoms with E-state index in [1.165, 1.54) is 0 Å². The highest BCUT2D eigenvalue weighted by atomic mass is 79.9. The van der Waals surface area contributed by atoms with E-state index in [-0.39, 0.29) is 5.92 Å². The van der Waals surface area contributed by atoms with Gasteiger partial charge in [0.15, 0.2) is 0 Å². The van der Waals surface area contributed by atoms with Gasteiger partial charge in [0.05, 0.1) is 5.92 Å². The third-order valence-corrected chi connectivity index (χ3v) is 3.72. The first-order chi connectivity index (χ1) is 9.45. The summed E-state index contributed by atoms with van der Waals surface area (Å²) in [6.45, 7) is 3.51. The fourth-order valence-corrected chi connectivity index (χ4v) is 2.62. The summed E-state index contributed by atoms with van der Waals surface area (Å²) >= 11 is 3.45. The van der Waals surface area contributed by atoms with E-state index in [2.05, 4.69) is 22.0 Å². The molecule has 0 fully saturated rings. The van der Waals surface area contributed by atoms with E-state index in [1.807, 2.05) is 30.1 Å². The van der Waals surface area contributed by atoms with Gasteiger partial charge in [-0.15, -0.1) is 0 Å². The SMILES string of the molecule is CC(CN(C)CC1=Cc2cc(Br)ccc2OC1)C(=O)O. The molecule has 4 nitrogen and oxygen atoms in total. The molecule has 0 spiro atoms. The first kappa shape index (κ1) is 15.1. The molecule has 0 saturated carbocycles. The predicted octanol–water partition coefficient (Wildman–Crippen LogP) is 2.88. The lowest BCUT2D eigenvalue weighted by molar-refractivity contribution is -0.141. The minimum Gasteiger partial charge on any atom is -0.489 e. The molecule has 20 heavy (non-hydrogen) atoms. The summed E-state index contributed by atoms with van der Waals surface area (Å²) in [5.41, 5.74) is 2.20. The van der Waals surface area contributed by atoms with Crippen LogP contribution in [0.4, 0.5) is 0 Å². The third-order valence-electron chi connectivity index (χ3n) is 3.22. The molecule has 2 rings (SSSR count). The molecule has 1 heterocycles. The van der Waals surface area contributed by atoms with Crippen molar-refractivity contribution >= 4 is 28.0 Å². The summed E-state index contributed by atoms with van der Waals surface area (Å²) in [7, 11) is 1.93. The average Bonchev–Trinajstić information content (AvgIpc) is 2.37. The van der Waals surface area contributed by atoms with Gasteiger partial charge in [0.2, 0.25) is 0 Å². The van der Waals surface area contributed by atoms with Crippen molar-refractivity contribution < 1.29 is 14.6 Å². The minimum absolute atomic E-state index is 0.369. The van der Waals surface area contributed by atoms with Crippen molar-refractivity contribution in [3.8, 4) is 5.75 Å². The molecule has 1 aromatic rings. The van der Waals surface area contributed by atoms with Crippen LogP contribution in [0.25, 0.3) is 6.08 Å². The van der Waals surface area contributed by atoms with E-state index in [0.717, 1.165) is 21.4 Å². The number of nitrogens with zero attached hydrogens (tertiary/aromatic N) is 1. The number of likely N-dealkylation sites (N-methyl/N-ethyl adjacent to an activating group) is 1. The monoisotopic (exact) mass is 339 g/mol. The van der Waals surface area contributed by atoms with Gasteiger partial charge in [-0.3, -0.25) is 4.79 Å². The Labute approximate surface area is 127 Å². The second kappa shape index (κ2) is 6.41. The van der Waals surface area contributed by atoms with Gasteiger partial charge in [-0.2, -0.15) is 0 Å². The number of rotatable bonds is 5. The zero-order chi connectivity index (χ0) is 14.7. The fourth-order valence-electron chi connectivity index (χ4n) is 2.24. The van der Waals surface area contributed by atoms with Gasteiger partial charge in [0, 0.05) is 23.1 Å². The second-order valence-electron chi connectivity index (χ2n) is 5.21. The van der Waals surface area contributed by atoms with Gasteiger partial charge < -0.3 is 14.7 Å². The summed E-state index contributed by atoms with van der Waals surface area (Å²) in [6, 6.07) is 5.93. The van der Waals surface area contributed by atoms with Crippen molar-refractivity contribution in [3.63, 3.8) is 0 Å². The lowest BCUT2D eigenvalue weighted by atomic mass is 10.1. The van der Waals surface area contributed by atoms with Gasteiger partial charge in [-0.1, -0.05) is 22.9 Å². The highest BCUT2D eigenvalue weighted by Crippen LogP contribution is 2.29. The molecule has 1 aliphatic rings. The van der Waals surface area contributed by atoms with Gasteiger partial charge in [0.25, 0.3) is 0 Å². The van der Waals surface area contributed by atoms with E-state index in [4.69, 9.17) is 9.84 Å². The molecule has 0 saturated heterocycles. The van der Waals surface area contributed by atoms with E-state index < -0.39 is 5.97 Å². The minimum atomic E-state index is -0.764. The van der Waals surface area contributed by atoms with E-state index in [1.54, 1.807) is 6.92 Å². The van der Waals surface area contributed by atoms with Crippen LogP contribution in [0.2, 0.25) is 0 Å². The summed E-state index contributed by atoms with van der Waals surface area (Å²) < 4.78 is 6.73. The number of fused-ring (bicyclic) bond motifs is 1. The molecule has 0 aromatic heterocycles. The van der Waals surface area contributed by atoms with Crippen LogP contribution in [0.3, 0.4) is 0 Å². The van der Waals surface area contributed by atoms with Crippen LogP contribution in [0, 0.1) is 5.92 Å². The average molecular weight is 340 g/mol. The zero-order valence-corrected chi connectivity index (χ0v) is 13.2.